The number of nitrogens with zero attached hydrogens (tertiary/aromatic N) is 3. The summed E-state index contributed by atoms with van der Waals surface area (Å²) in [6.45, 7) is 0. The fourth-order valence-electron chi connectivity index (χ4n) is 1.86. The van der Waals surface area contributed by atoms with Crippen LogP contribution in [0.15, 0.2) is 34.9 Å². The largest absolute Gasteiger partial charge is 0.369 e. The summed E-state index contributed by atoms with van der Waals surface area (Å²) in [5, 5.41) is 0.246. The maximum absolute atomic E-state index is 13.1. The number of benzene rings is 1. The number of aromatic nitrogens is 3. The fourth-order valence-corrected chi connectivity index (χ4v) is 2.43. The molecule has 0 fully saturated rings. The normalized spacial score (nSPS) is 11.1. The minimum atomic E-state index is -0.410. The average molecular weight is 342 g/mol. The molecule has 4 nitrogen and oxygen atoms in total. The molecule has 2 N–H and O–H groups in total. The first kappa shape index (κ1) is 12.4. The molecule has 2 aromatic heterocycles. The number of nitrogen functional groups attached to an aromatic ring is 1. The van der Waals surface area contributed by atoms with Crippen LogP contribution < -0.4 is 5.73 Å². The summed E-state index contributed by atoms with van der Waals surface area (Å²) >= 11 is 9.36. The second-order valence-electron chi connectivity index (χ2n) is 3.90. The number of hydrogen-bond donors (Lipinski definition) is 1. The summed E-state index contributed by atoms with van der Waals surface area (Å²) in [5.74, 6) is -0.165. The Kier molecular flexibility index (Phi) is 2.91. The molecule has 1 aromatic carbocycles. The fraction of sp³-hybridized carbons (Fsp3) is 0. The summed E-state index contributed by atoms with van der Waals surface area (Å²) in [5.41, 5.74) is 7.62. The Balaban J connectivity index is 2.33. The number of rotatable bonds is 1. The van der Waals surface area contributed by atoms with Gasteiger partial charge >= 0.3 is 0 Å². The van der Waals surface area contributed by atoms with Crippen molar-refractivity contribution in [1.82, 2.24) is 14.5 Å². The second kappa shape index (κ2) is 4.47. The number of halogens is 3. The third kappa shape index (κ3) is 2.06. The van der Waals surface area contributed by atoms with E-state index < -0.39 is 5.82 Å². The van der Waals surface area contributed by atoms with Gasteiger partial charge in [0, 0.05) is 10.7 Å². The third-order valence-electron chi connectivity index (χ3n) is 2.64. The molecular formula is C12H7BrClFN4. The summed E-state index contributed by atoms with van der Waals surface area (Å²) in [6, 6.07) is 5.87. The van der Waals surface area contributed by atoms with Gasteiger partial charge in [0.2, 0.25) is 5.95 Å². The molecule has 0 saturated heterocycles. The minimum absolute atomic E-state index is 0.245. The first-order valence-corrected chi connectivity index (χ1v) is 6.48. The number of pyridine rings is 1. The molecule has 0 aliphatic carbocycles. The average Bonchev–Trinajstić information content (AvgIpc) is 2.65. The monoisotopic (exact) mass is 340 g/mol. The van der Waals surface area contributed by atoms with Gasteiger partial charge in [-0.1, -0.05) is 11.6 Å². The molecule has 0 bridgehead atoms. The number of hydrogen-bond acceptors (Lipinski definition) is 3. The Labute approximate surface area is 121 Å². The lowest BCUT2D eigenvalue weighted by Gasteiger charge is -2.07. The molecule has 0 atom stereocenters. The minimum Gasteiger partial charge on any atom is -0.369 e. The van der Waals surface area contributed by atoms with Gasteiger partial charge in [0.05, 0.1) is 10.7 Å². The second-order valence-corrected chi connectivity index (χ2v) is 5.22. The molecule has 0 aliphatic rings. The van der Waals surface area contributed by atoms with E-state index >= 15 is 0 Å². The van der Waals surface area contributed by atoms with Crippen LogP contribution in [-0.2, 0) is 0 Å². The number of fused-ring (bicyclic) bond motifs is 1. The van der Waals surface area contributed by atoms with E-state index in [1.54, 1.807) is 22.9 Å². The SMILES string of the molecule is Nc1nc2cc(Br)cnc2n1-c1ccc(F)cc1Cl. The summed E-state index contributed by atoms with van der Waals surface area (Å²) in [7, 11) is 0. The highest BCUT2D eigenvalue weighted by molar-refractivity contribution is 9.10. The molecule has 0 amide bonds. The van der Waals surface area contributed by atoms with Gasteiger partial charge in [0.1, 0.15) is 11.3 Å². The molecule has 3 aromatic rings. The zero-order valence-electron chi connectivity index (χ0n) is 9.44. The molecule has 0 saturated carbocycles. The van der Waals surface area contributed by atoms with E-state index in [9.17, 15) is 4.39 Å². The molecular weight excluding hydrogens is 335 g/mol. The lowest BCUT2D eigenvalue weighted by atomic mass is 10.3. The van der Waals surface area contributed by atoms with Crippen LogP contribution in [0.25, 0.3) is 16.9 Å². The van der Waals surface area contributed by atoms with E-state index in [0.29, 0.717) is 16.9 Å². The highest BCUT2D eigenvalue weighted by atomic mass is 79.9. The highest BCUT2D eigenvalue weighted by Gasteiger charge is 2.14. The van der Waals surface area contributed by atoms with Gasteiger partial charge in [-0.25, -0.2) is 14.4 Å². The zero-order chi connectivity index (χ0) is 13.6. The lowest BCUT2D eigenvalue weighted by molar-refractivity contribution is 0.627. The van der Waals surface area contributed by atoms with Gasteiger partial charge in [-0.05, 0) is 40.2 Å². The zero-order valence-corrected chi connectivity index (χ0v) is 11.8. The first-order chi connectivity index (χ1) is 9.06. The third-order valence-corrected chi connectivity index (χ3v) is 3.38. The molecule has 0 spiro atoms. The maximum atomic E-state index is 13.1. The molecule has 0 radical (unpaired) electrons. The van der Waals surface area contributed by atoms with Gasteiger partial charge in [-0.15, -0.1) is 0 Å². The predicted molar refractivity (Wildman–Crippen MR) is 75.9 cm³/mol. The number of imidazole rings is 1. The van der Waals surface area contributed by atoms with E-state index in [1.807, 2.05) is 0 Å². The summed E-state index contributed by atoms with van der Waals surface area (Å²) in [6.07, 6.45) is 1.64. The van der Waals surface area contributed by atoms with Gasteiger partial charge < -0.3 is 5.73 Å². The van der Waals surface area contributed by atoms with E-state index in [4.69, 9.17) is 17.3 Å². The molecule has 96 valence electrons. The first-order valence-electron chi connectivity index (χ1n) is 5.31. The number of nitrogens with two attached hydrogens (primary N) is 1. The molecule has 2 heterocycles. The van der Waals surface area contributed by atoms with Crippen LogP contribution in [0.3, 0.4) is 0 Å². The standard InChI is InChI=1S/C12H7BrClFN4/c13-6-3-9-11(17-5-6)19(12(16)18-9)10-2-1-7(15)4-8(10)14/h1-5H,(H2,16,18). The van der Waals surface area contributed by atoms with Crippen molar-refractivity contribution in [1.29, 1.82) is 0 Å². The van der Waals surface area contributed by atoms with Crippen molar-refractivity contribution in [2.24, 2.45) is 0 Å². The van der Waals surface area contributed by atoms with Crippen LogP contribution in [0.4, 0.5) is 10.3 Å². The van der Waals surface area contributed by atoms with Crippen LogP contribution in [-0.4, -0.2) is 14.5 Å². The molecule has 3 rings (SSSR count). The van der Waals surface area contributed by atoms with Crippen molar-refractivity contribution < 1.29 is 4.39 Å². The van der Waals surface area contributed by atoms with E-state index in [1.165, 1.54) is 12.1 Å². The molecule has 7 heteroatoms. The van der Waals surface area contributed by atoms with Crippen molar-refractivity contribution >= 4 is 44.6 Å². The Morgan fingerprint density at radius 3 is 2.84 bits per heavy atom. The van der Waals surface area contributed by atoms with Crippen molar-refractivity contribution in [3.8, 4) is 5.69 Å². The van der Waals surface area contributed by atoms with E-state index in [0.717, 1.165) is 4.47 Å². The van der Waals surface area contributed by atoms with Gasteiger partial charge in [0.25, 0.3) is 0 Å². The van der Waals surface area contributed by atoms with E-state index in [2.05, 4.69) is 25.9 Å². The van der Waals surface area contributed by atoms with Gasteiger partial charge in [-0.2, -0.15) is 0 Å². The Morgan fingerprint density at radius 2 is 2.11 bits per heavy atom. The molecule has 0 aliphatic heterocycles. The quantitative estimate of drug-likeness (QED) is 0.736. The van der Waals surface area contributed by atoms with Crippen molar-refractivity contribution in [2.45, 2.75) is 0 Å². The number of anilines is 1. The lowest BCUT2D eigenvalue weighted by Crippen LogP contribution is -2.02. The smallest absolute Gasteiger partial charge is 0.207 e. The Morgan fingerprint density at radius 1 is 1.32 bits per heavy atom. The highest BCUT2D eigenvalue weighted by Crippen LogP contribution is 2.28. The van der Waals surface area contributed by atoms with Crippen LogP contribution in [0.1, 0.15) is 0 Å². The van der Waals surface area contributed by atoms with Crippen LogP contribution in [0.2, 0.25) is 5.02 Å². The van der Waals surface area contributed by atoms with Crippen molar-refractivity contribution in [3.63, 3.8) is 0 Å². The van der Waals surface area contributed by atoms with Gasteiger partial charge in [0.15, 0.2) is 5.65 Å². The molecule has 19 heavy (non-hydrogen) atoms. The Hall–Kier alpha value is -1.66. The van der Waals surface area contributed by atoms with Crippen LogP contribution >= 0.6 is 27.5 Å². The van der Waals surface area contributed by atoms with Crippen molar-refractivity contribution in [2.75, 3.05) is 5.73 Å². The topological polar surface area (TPSA) is 56.7 Å². The van der Waals surface area contributed by atoms with Gasteiger partial charge in [-0.3, -0.25) is 4.57 Å². The Bertz CT molecular complexity index is 787. The summed E-state index contributed by atoms with van der Waals surface area (Å²) < 4.78 is 15.5. The predicted octanol–water partition coefficient (Wildman–Crippen LogP) is 3.56. The summed E-state index contributed by atoms with van der Waals surface area (Å²) in [4.78, 5) is 8.47. The van der Waals surface area contributed by atoms with Crippen LogP contribution in [0, 0.1) is 5.82 Å². The van der Waals surface area contributed by atoms with Crippen LogP contribution in [0.5, 0.6) is 0 Å². The van der Waals surface area contributed by atoms with Crippen molar-refractivity contribution in [3.05, 3.63) is 45.8 Å². The van der Waals surface area contributed by atoms with E-state index in [-0.39, 0.29) is 11.0 Å². The maximum Gasteiger partial charge on any atom is 0.207 e. The molecule has 0 unspecified atom stereocenters.